The lowest BCUT2D eigenvalue weighted by atomic mass is 9.83. The second-order valence-electron chi connectivity index (χ2n) is 7.27. The minimum Gasteiger partial charge on any atom is -0.481 e. The Morgan fingerprint density at radius 3 is 2.70 bits per heavy atom. The number of hydrogen-bond donors (Lipinski definition) is 2. The molecule has 1 aromatic carbocycles. The van der Waals surface area contributed by atoms with Gasteiger partial charge in [-0.15, -0.1) is 10.2 Å². The van der Waals surface area contributed by atoms with Crippen LogP contribution >= 0.6 is 0 Å². The van der Waals surface area contributed by atoms with Crippen LogP contribution < -0.4 is 4.90 Å². The molecule has 0 radical (unpaired) electrons. The molecule has 1 aromatic heterocycles. The van der Waals surface area contributed by atoms with E-state index in [1.165, 1.54) is 5.69 Å². The number of H-pyrrole nitrogens is 1. The summed E-state index contributed by atoms with van der Waals surface area (Å²) in [5, 5.41) is 24.0. The number of carboxylic acids is 1. The van der Waals surface area contributed by atoms with Crippen molar-refractivity contribution in [2.45, 2.75) is 32.1 Å². The first-order valence-electron chi connectivity index (χ1n) is 9.57. The Bertz CT molecular complexity index is 728. The molecule has 0 saturated carbocycles. The lowest BCUT2D eigenvalue weighted by molar-refractivity contribution is -0.142. The van der Waals surface area contributed by atoms with Gasteiger partial charge in [-0.3, -0.25) is 4.79 Å². The van der Waals surface area contributed by atoms with Gasteiger partial charge >= 0.3 is 5.97 Å². The number of hydrogen-bond acceptors (Lipinski definition) is 6. The molecule has 1 fully saturated rings. The van der Waals surface area contributed by atoms with Gasteiger partial charge in [0.1, 0.15) is 0 Å². The zero-order valence-corrected chi connectivity index (χ0v) is 16.0. The van der Waals surface area contributed by atoms with Gasteiger partial charge < -0.3 is 14.9 Å². The third kappa shape index (κ3) is 4.82. The summed E-state index contributed by atoms with van der Waals surface area (Å²) >= 11 is 0. The van der Waals surface area contributed by atoms with Crippen molar-refractivity contribution in [1.82, 2.24) is 25.5 Å². The normalized spacial score (nSPS) is 17.6. The van der Waals surface area contributed by atoms with E-state index in [1.807, 2.05) is 13.0 Å². The first kappa shape index (κ1) is 19.3. The highest BCUT2D eigenvalue weighted by molar-refractivity contribution is 5.71. The summed E-state index contributed by atoms with van der Waals surface area (Å²) in [6, 6.07) is 8.39. The maximum Gasteiger partial charge on any atom is 0.307 e. The molecule has 1 aliphatic rings. The molecule has 146 valence electrons. The topological polar surface area (TPSA) is 98.2 Å². The molecule has 2 aromatic rings. The lowest BCUT2D eigenvalue weighted by Gasteiger charge is -2.34. The fourth-order valence-electron chi connectivity index (χ4n) is 3.75. The molecule has 2 heterocycles. The van der Waals surface area contributed by atoms with E-state index in [-0.39, 0.29) is 5.92 Å². The third-order valence-corrected chi connectivity index (χ3v) is 5.33. The number of likely N-dealkylation sites (N-methyl/N-ethyl adjacent to an activating group) is 1. The van der Waals surface area contributed by atoms with Crippen molar-refractivity contribution in [2.75, 3.05) is 38.1 Å². The molecule has 0 aliphatic carbocycles. The summed E-state index contributed by atoms with van der Waals surface area (Å²) in [6.45, 7) is 6.10. The molecule has 1 aliphatic heterocycles. The number of aromatic amines is 1. The van der Waals surface area contributed by atoms with E-state index in [0.717, 1.165) is 38.2 Å². The highest BCUT2D eigenvalue weighted by atomic mass is 16.4. The van der Waals surface area contributed by atoms with Crippen molar-refractivity contribution in [3.63, 3.8) is 0 Å². The van der Waals surface area contributed by atoms with E-state index in [1.54, 1.807) is 0 Å². The van der Waals surface area contributed by atoms with E-state index >= 15 is 0 Å². The molecule has 0 unspecified atom stereocenters. The number of carboxylic acid groups (broad SMARTS) is 1. The van der Waals surface area contributed by atoms with Crippen molar-refractivity contribution in [3.8, 4) is 0 Å². The standard InChI is InChI=1S/C19H28N6O2/c1-3-5-16(19(26)27)17(18-20-22-23-21-18)13-14-6-4-7-15(12-14)25-10-8-24(2)9-11-25/h4,6-7,12,16-17H,3,5,8-11,13H2,1-2H3,(H,26,27)(H,20,21,22,23)/t16-,17-/m0/s1. The lowest BCUT2D eigenvalue weighted by Crippen LogP contribution is -2.44. The van der Waals surface area contributed by atoms with Crippen LogP contribution in [0.2, 0.25) is 0 Å². The smallest absolute Gasteiger partial charge is 0.307 e. The van der Waals surface area contributed by atoms with Gasteiger partial charge in [-0.2, -0.15) is 5.21 Å². The fraction of sp³-hybridized carbons (Fsp3) is 0.579. The summed E-state index contributed by atoms with van der Waals surface area (Å²) in [7, 11) is 2.14. The summed E-state index contributed by atoms with van der Waals surface area (Å²) < 4.78 is 0. The summed E-state index contributed by atoms with van der Waals surface area (Å²) in [5.74, 6) is -1.16. The number of carbonyl (C=O) groups is 1. The van der Waals surface area contributed by atoms with E-state index < -0.39 is 11.9 Å². The van der Waals surface area contributed by atoms with Crippen LogP contribution in [0.5, 0.6) is 0 Å². The van der Waals surface area contributed by atoms with Crippen LogP contribution in [-0.4, -0.2) is 69.8 Å². The number of piperazine rings is 1. The van der Waals surface area contributed by atoms with E-state index in [9.17, 15) is 9.90 Å². The highest BCUT2D eigenvalue weighted by Gasteiger charge is 2.32. The second kappa shape index (κ2) is 8.94. The zero-order valence-electron chi connectivity index (χ0n) is 16.0. The number of aliphatic carboxylic acids is 1. The molecule has 2 N–H and O–H groups in total. The van der Waals surface area contributed by atoms with Crippen LogP contribution in [0, 0.1) is 5.92 Å². The summed E-state index contributed by atoms with van der Waals surface area (Å²) in [4.78, 5) is 16.6. The van der Waals surface area contributed by atoms with E-state index in [0.29, 0.717) is 18.7 Å². The zero-order chi connectivity index (χ0) is 19.2. The molecule has 8 heteroatoms. The maximum absolute atomic E-state index is 11.9. The number of nitrogens with zero attached hydrogens (tertiary/aromatic N) is 5. The van der Waals surface area contributed by atoms with Gasteiger partial charge in [-0.25, -0.2) is 0 Å². The van der Waals surface area contributed by atoms with Crippen molar-refractivity contribution >= 4 is 11.7 Å². The van der Waals surface area contributed by atoms with Gasteiger partial charge in [-0.1, -0.05) is 30.7 Å². The first-order chi connectivity index (χ1) is 13.1. The van der Waals surface area contributed by atoms with Crippen LogP contribution in [0.1, 0.15) is 37.1 Å². The monoisotopic (exact) mass is 372 g/mol. The number of nitrogens with one attached hydrogen (secondary N) is 1. The predicted octanol–water partition coefficient (Wildman–Crippen LogP) is 1.78. The largest absolute Gasteiger partial charge is 0.481 e. The van der Waals surface area contributed by atoms with Crippen LogP contribution in [0.25, 0.3) is 0 Å². The molecule has 27 heavy (non-hydrogen) atoms. The van der Waals surface area contributed by atoms with Gasteiger partial charge in [0, 0.05) is 37.8 Å². The van der Waals surface area contributed by atoms with Crippen LogP contribution in [0.15, 0.2) is 24.3 Å². The Kier molecular flexibility index (Phi) is 6.39. The molecule has 0 amide bonds. The summed E-state index contributed by atoms with van der Waals surface area (Å²) in [6.07, 6.45) is 1.97. The molecule has 1 saturated heterocycles. The molecule has 3 rings (SSSR count). The third-order valence-electron chi connectivity index (χ3n) is 5.33. The average Bonchev–Trinajstić information content (AvgIpc) is 3.20. The van der Waals surface area contributed by atoms with Crippen LogP contribution in [-0.2, 0) is 11.2 Å². The minimum atomic E-state index is -0.804. The number of benzene rings is 1. The Balaban J connectivity index is 1.81. The van der Waals surface area contributed by atoms with E-state index in [2.05, 4.69) is 55.7 Å². The Labute approximate surface area is 159 Å². The van der Waals surface area contributed by atoms with Crippen molar-refractivity contribution in [1.29, 1.82) is 0 Å². The first-order valence-corrected chi connectivity index (χ1v) is 9.57. The van der Waals surface area contributed by atoms with Gasteiger partial charge in [0.25, 0.3) is 0 Å². The van der Waals surface area contributed by atoms with Gasteiger partial charge in [-0.05, 0) is 37.6 Å². The fourth-order valence-corrected chi connectivity index (χ4v) is 3.75. The van der Waals surface area contributed by atoms with Crippen molar-refractivity contribution in [2.24, 2.45) is 5.92 Å². The molecule has 2 atom stereocenters. The number of anilines is 1. The van der Waals surface area contributed by atoms with Gasteiger partial charge in [0.05, 0.1) is 5.92 Å². The molecular weight excluding hydrogens is 344 g/mol. The number of aromatic nitrogens is 4. The maximum atomic E-state index is 11.9. The molecular formula is C19H28N6O2. The molecule has 0 spiro atoms. The highest BCUT2D eigenvalue weighted by Crippen LogP contribution is 2.31. The van der Waals surface area contributed by atoms with Crippen molar-refractivity contribution in [3.05, 3.63) is 35.7 Å². The van der Waals surface area contributed by atoms with E-state index in [4.69, 9.17) is 0 Å². The number of rotatable bonds is 8. The minimum absolute atomic E-state index is 0.302. The van der Waals surface area contributed by atoms with Crippen LogP contribution in [0.4, 0.5) is 5.69 Å². The Morgan fingerprint density at radius 2 is 2.07 bits per heavy atom. The number of tetrazole rings is 1. The quantitative estimate of drug-likeness (QED) is 0.729. The SMILES string of the molecule is CCC[C@H](C(=O)O)[C@H](Cc1cccc(N2CCN(C)CC2)c1)c1nn[nH]n1. The molecule has 0 bridgehead atoms. The average molecular weight is 372 g/mol. The Hall–Kier alpha value is -2.48. The second-order valence-corrected chi connectivity index (χ2v) is 7.27. The van der Waals surface area contributed by atoms with Gasteiger partial charge in [0.2, 0.25) is 0 Å². The molecule has 8 nitrogen and oxygen atoms in total. The summed E-state index contributed by atoms with van der Waals surface area (Å²) in [5.41, 5.74) is 2.29. The van der Waals surface area contributed by atoms with Crippen molar-refractivity contribution < 1.29 is 9.90 Å². The van der Waals surface area contributed by atoms with Gasteiger partial charge in [0.15, 0.2) is 5.82 Å². The Morgan fingerprint density at radius 1 is 1.30 bits per heavy atom. The predicted molar refractivity (Wildman–Crippen MR) is 103 cm³/mol. The van der Waals surface area contributed by atoms with Crippen LogP contribution in [0.3, 0.4) is 0 Å².